The summed E-state index contributed by atoms with van der Waals surface area (Å²) in [5, 5.41) is 70.1. The topological polar surface area (TPSA) is 281 Å². The van der Waals surface area contributed by atoms with Crippen molar-refractivity contribution in [1.82, 2.24) is 69.3 Å². The second kappa shape index (κ2) is 26.9. The van der Waals surface area contributed by atoms with Crippen LogP contribution in [0.25, 0.3) is 33.9 Å². The van der Waals surface area contributed by atoms with Gasteiger partial charge in [0.2, 0.25) is 11.8 Å². The molecular formula is C54H50Cl6F4N14O10. The lowest BCUT2D eigenvalue weighted by Crippen LogP contribution is -2.54. The lowest BCUT2D eigenvalue weighted by molar-refractivity contribution is -0.224. The van der Waals surface area contributed by atoms with E-state index >= 15 is 0 Å². The van der Waals surface area contributed by atoms with Crippen LogP contribution in [-0.4, -0.2) is 192 Å². The molecule has 0 aliphatic carbocycles. The monoisotopic (exact) mass is 1340 g/mol. The number of aryl methyl sites for hydroxylation is 2. The maximum atomic E-state index is 14.7. The van der Waals surface area contributed by atoms with Gasteiger partial charge in [-0.3, -0.25) is 9.59 Å². The van der Waals surface area contributed by atoms with Crippen molar-refractivity contribution in [2.45, 2.75) is 74.8 Å². The van der Waals surface area contributed by atoms with E-state index in [0.29, 0.717) is 0 Å². The fourth-order valence-corrected chi connectivity index (χ4v) is 11.0. The van der Waals surface area contributed by atoms with Gasteiger partial charge < -0.3 is 49.2 Å². The fourth-order valence-electron chi connectivity index (χ4n) is 10.1. The van der Waals surface area contributed by atoms with E-state index in [1.807, 2.05) is 0 Å². The number of rotatable bonds is 19. The third-order valence-corrected chi connectivity index (χ3v) is 16.4. The molecule has 88 heavy (non-hydrogen) atoms. The minimum absolute atomic E-state index is 0.0207. The van der Waals surface area contributed by atoms with Crippen molar-refractivity contribution in [3.63, 3.8) is 0 Å². The van der Waals surface area contributed by atoms with Crippen LogP contribution < -0.4 is 0 Å². The van der Waals surface area contributed by atoms with Gasteiger partial charge in [0.15, 0.2) is 11.6 Å². The summed E-state index contributed by atoms with van der Waals surface area (Å²) in [7, 11) is 2.85. The molecule has 4 N–H and O–H groups in total. The molecule has 4 aromatic carbocycles. The van der Waals surface area contributed by atoms with E-state index in [9.17, 15) is 47.6 Å². The average molecular weight is 1340 g/mol. The Balaban J connectivity index is 0.900. The molecule has 4 aromatic heterocycles. The number of likely N-dealkylation sites (N-methyl/N-ethyl adjacent to an activating group) is 2. The van der Waals surface area contributed by atoms with E-state index in [1.54, 1.807) is 26.0 Å². The third-order valence-electron chi connectivity index (χ3n) is 14.6. The zero-order valence-electron chi connectivity index (χ0n) is 46.2. The van der Waals surface area contributed by atoms with Crippen molar-refractivity contribution in [3.8, 4) is 33.9 Å². The number of carbonyl (C=O) groups is 2. The van der Waals surface area contributed by atoms with Crippen LogP contribution in [0.15, 0.2) is 73.1 Å². The Hall–Kier alpha value is -6.48. The standard InChI is InChI=1S/C54H50Cl6F4N14O10/c1-23-65-53(77(69-23)37-15-27(55)5-7-29(37)57)51-49(45(47(83)39(19-79)87-51)75-17-35(67-71-75)25-11-31(61)43(59)32(62)12-25)85-21-41(81)73(3)9-10-74(4)42(82)22-86-50-46(76-18-36(68-72-76)26-13-33(63)44(60)34(64)14-26)48(84)40(20-80)88-52(50)54-66-24(2)70-78(54)38-16-28(56)6-8-30(38)58/h5-8,11-18,39-40,45-52,79-80,83-84H,9-10,19-22H2,1-4H3/t39-,40+,45+,46-,47+,48-,49-,50+,51-,52+. The Morgan fingerprint density at radius 2 is 0.955 bits per heavy atom. The van der Waals surface area contributed by atoms with E-state index < -0.39 is 132 Å². The summed E-state index contributed by atoms with van der Waals surface area (Å²) in [6, 6.07) is 10.1. The number of aliphatic hydroxyl groups is 4. The van der Waals surface area contributed by atoms with Crippen LogP contribution in [0.5, 0.6) is 0 Å². The summed E-state index contributed by atoms with van der Waals surface area (Å²) >= 11 is 37.6. The molecule has 0 radical (unpaired) electrons. The number of amides is 2. The molecule has 0 bridgehead atoms. The van der Waals surface area contributed by atoms with Gasteiger partial charge >= 0.3 is 0 Å². The zero-order valence-corrected chi connectivity index (χ0v) is 50.8. The zero-order chi connectivity index (χ0) is 63.2. The van der Waals surface area contributed by atoms with Crippen LogP contribution in [-0.2, 0) is 28.5 Å². The molecule has 2 fully saturated rings. The van der Waals surface area contributed by atoms with Gasteiger partial charge in [-0.05, 0) is 74.5 Å². The normalized spacial score (nSPS) is 22.1. The summed E-state index contributed by atoms with van der Waals surface area (Å²) in [6.07, 6.45) is -9.25. The van der Waals surface area contributed by atoms with Gasteiger partial charge in [0.05, 0.1) is 47.0 Å². The summed E-state index contributed by atoms with van der Waals surface area (Å²) in [6.45, 7) is -0.0779. The van der Waals surface area contributed by atoms with Crippen molar-refractivity contribution in [2.75, 3.05) is 53.6 Å². The lowest BCUT2D eigenvalue weighted by Gasteiger charge is -2.43. The van der Waals surface area contributed by atoms with Gasteiger partial charge in [0.1, 0.15) is 130 Å². The van der Waals surface area contributed by atoms with E-state index in [2.05, 4.69) is 40.8 Å². The fraction of sp³-hybridized carbons (Fsp3) is 0.370. The molecule has 2 amide bonds. The van der Waals surface area contributed by atoms with Crippen molar-refractivity contribution in [3.05, 3.63) is 150 Å². The molecule has 8 aromatic rings. The molecule has 2 aliphatic rings. The minimum atomic E-state index is -1.66. The van der Waals surface area contributed by atoms with Crippen LogP contribution in [0.4, 0.5) is 17.6 Å². The van der Waals surface area contributed by atoms with E-state index in [1.165, 1.54) is 69.9 Å². The largest absolute Gasteiger partial charge is 0.394 e. The van der Waals surface area contributed by atoms with Crippen molar-refractivity contribution in [1.29, 1.82) is 0 Å². The number of carbonyl (C=O) groups excluding carboxylic acids is 2. The second-order valence-electron chi connectivity index (χ2n) is 20.4. The first-order valence-corrected chi connectivity index (χ1v) is 28.7. The second-order valence-corrected chi connectivity index (χ2v) is 22.9. The van der Waals surface area contributed by atoms with E-state index in [4.69, 9.17) is 88.6 Å². The molecule has 2 saturated heterocycles. The van der Waals surface area contributed by atoms with Gasteiger partial charge in [0, 0.05) is 48.4 Å². The molecule has 0 spiro atoms. The van der Waals surface area contributed by atoms with Crippen molar-refractivity contribution >= 4 is 81.4 Å². The molecule has 0 saturated carbocycles. The number of nitrogens with zero attached hydrogens (tertiary/aromatic N) is 14. The molecule has 24 nitrogen and oxygen atoms in total. The maximum absolute atomic E-state index is 14.7. The highest BCUT2D eigenvalue weighted by Crippen LogP contribution is 2.44. The van der Waals surface area contributed by atoms with E-state index in [-0.39, 0.29) is 90.4 Å². The van der Waals surface area contributed by atoms with Gasteiger partial charge in [0.25, 0.3) is 0 Å². The first-order valence-electron chi connectivity index (χ1n) is 26.5. The number of hydrogen-bond acceptors (Lipinski definition) is 18. The Morgan fingerprint density at radius 3 is 1.31 bits per heavy atom. The Bertz CT molecular complexity index is 3610. The number of halogens is 10. The smallest absolute Gasteiger partial charge is 0.248 e. The highest BCUT2D eigenvalue weighted by Gasteiger charge is 2.52. The first-order chi connectivity index (χ1) is 41.9. The van der Waals surface area contributed by atoms with Crippen LogP contribution >= 0.6 is 69.6 Å². The summed E-state index contributed by atoms with van der Waals surface area (Å²) in [4.78, 5) is 40.1. The number of benzene rings is 4. The molecule has 466 valence electrons. The quantitative estimate of drug-likeness (QED) is 0.0472. The highest BCUT2D eigenvalue weighted by molar-refractivity contribution is 6.35. The van der Waals surface area contributed by atoms with Crippen molar-refractivity contribution < 1.29 is 66.5 Å². The predicted molar refractivity (Wildman–Crippen MR) is 307 cm³/mol. The van der Waals surface area contributed by atoms with Crippen LogP contribution in [0.1, 0.15) is 47.6 Å². The number of ether oxygens (including phenoxy) is 4. The third kappa shape index (κ3) is 13.2. The van der Waals surface area contributed by atoms with Gasteiger partial charge in [-0.1, -0.05) is 80.0 Å². The van der Waals surface area contributed by atoms with Gasteiger partial charge in [-0.15, -0.1) is 10.2 Å². The Morgan fingerprint density at radius 1 is 0.591 bits per heavy atom. The molecule has 10 rings (SSSR count). The van der Waals surface area contributed by atoms with Crippen LogP contribution in [0.3, 0.4) is 0 Å². The average Bonchev–Trinajstić information content (AvgIpc) is 1.66. The summed E-state index contributed by atoms with van der Waals surface area (Å²) < 4.78 is 89.2. The van der Waals surface area contributed by atoms with Crippen LogP contribution in [0.2, 0.25) is 30.1 Å². The molecule has 2 aliphatic heterocycles. The number of hydrogen-bond donors (Lipinski definition) is 4. The van der Waals surface area contributed by atoms with Crippen LogP contribution in [0, 0.1) is 37.1 Å². The molecular weight excluding hydrogens is 1290 g/mol. The maximum Gasteiger partial charge on any atom is 0.248 e. The minimum Gasteiger partial charge on any atom is -0.394 e. The Labute approximate surface area is 526 Å². The summed E-state index contributed by atoms with van der Waals surface area (Å²) in [5.74, 6) is -5.20. The molecule has 10 atom stereocenters. The first kappa shape index (κ1) is 64.5. The SMILES string of the molecule is Cc1nc([C@H]2O[C@@H](CO)[C@@H](O)[C@@H](n3cc(-c4cc(F)c(Cl)c(F)c4)nn3)[C@@H]2OCC(=O)N(C)CCN(C)C(=O)CO[C@@H]2[C@@H](n3cc(-c4cc(F)c(Cl)c(F)c4)nn3)[C@@H](O)[C@@H](CO)O[C@H]2c2nc(C)nn2-c2cc(Cl)ccc2Cl)n(-c2cc(Cl)ccc2Cl)n1. The summed E-state index contributed by atoms with van der Waals surface area (Å²) in [5.41, 5.74) is 0.221. The number of aromatic nitrogens is 12. The van der Waals surface area contributed by atoms with Crippen molar-refractivity contribution in [2.24, 2.45) is 0 Å². The predicted octanol–water partition coefficient (Wildman–Crippen LogP) is 6.91. The van der Waals surface area contributed by atoms with E-state index in [0.717, 1.165) is 33.6 Å². The number of aliphatic hydroxyl groups excluding tert-OH is 4. The highest BCUT2D eigenvalue weighted by atomic mass is 35.5. The Kier molecular flexibility index (Phi) is 19.7. The van der Waals surface area contributed by atoms with Gasteiger partial charge in [-0.25, -0.2) is 46.3 Å². The molecule has 0 unspecified atom stereocenters. The lowest BCUT2D eigenvalue weighted by atomic mass is 9.91. The molecule has 34 heteroatoms. The molecule has 6 heterocycles. The van der Waals surface area contributed by atoms with Gasteiger partial charge in [-0.2, -0.15) is 10.2 Å².